The van der Waals surface area contributed by atoms with E-state index in [1.807, 2.05) is 6.92 Å². The predicted molar refractivity (Wildman–Crippen MR) is 85.8 cm³/mol. The molecule has 1 aliphatic rings. The van der Waals surface area contributed by atoms with Gasteiger partial charge in [0.1, 0.15) is 5.60 Å². The van der Waals surface area contributed by atoms with Crippen LogP contribution < -0.4 is 5.32 Å². The van der Waals surface area contributed by atoms with E-state index in [0.717, 1.165) is 25.7 Å². The lowest BCUT2D eigenvalue weighted by Gasteiger charge is -2.28. The quantitative estimate of drug-likeness (QED) is 0.486. The van der Waals surface area contributed by atoms with Crippen molar-refractivity contribution in [2.24, 2.45) is 0 Å². The third-order valence-electron chi connectivity index (χ3n) is 4.19. The van der Waals surface area contributed by atoms with Crippen LogP contribution >= 0.6 is 0 Å². The molecule has 1 aliphatic carbocycles. The third-order valence-corrected chi connectivity index (χ3v) is 4.19. The Kier molecular flexibility index (Phi) is 7.79. The Morgan fingerprint density at radius 1 is 1.25 bits per heavy atom. The third kappa shape index (κ3) is 6.55. The largest absolute Gasteiger partial charge is 0.459 e. The van der Waals surface area contributed by atoms with Crippen LogP contribution in [0.4, 0.5) is 8.78 Å². The minimum absolute atomic E-state index is 0.0743. The van der Waals surface area contributed by atoms with Crippen LogP contribution in [0.5, 0.6) is 0 Å². The minimum Gasteiger partial charge on any atom is -0.459 e. The second kappa shape index (κ2) is 9.11. The standard InChI is InChI=1S/C17H27F2NO4/c1-4-16(8-6-7-9-16)24-15(22)13(3)10-14(21)23-12-17(18,19)11-20-5-2/h20H,3-12H2,1-2H3. The second-order valence-corrected chi connectivity index (χ2v) is 6.21. The number of rotatable bonds is 10. The molecule has 0 aliphatic heterocycles. The molecule has 24 heavy (non-hydrogen) atoms. The Hall–Kier alpha value is -1.50. The van der Waals surface area contributed by atoms with Crippen LogP contribution in [-0.4, -0.2) is 43.2 Å². The van der Waals surface area contributed by atoms with Crippen LogP contribution in [0, 0.1) is 0 Å². The minimum atomic E-state index is -3.15. The highest BCUT2D eigenvalue weighted by Gasteiger charge is 2.36. The van der Waals surface area contributed by atoms with Crippen molar-refractivity contribution < 1.29 is 27.8 Å². The van der Waals surface area contributed by atoms with Crippen molar-refractivity contribution in [1.29, 1.82) is 0 Å². The lowest BCUT2D eigenvalue weighted by atomic mass is 9.98. The summed E-state index contributed by atoms with van der Waals surface area (Å²) in [6.07, 6.45) is 3.84. The molecule has 0 saturated heterocycles. The molecule has 0 atom stereocenters. The molecule has 0 aromatic rings. The first-order chi connectivity index (χ1) is 11.2. The Bertz CT molecular complexity index is 460. The molecule has 1 fully saturated rings. The van der Waals surface area contributed by atoms with Gasteiger partial charge in [-0.15, -0.1) is 0 Å². The summed E-state index contributed by atoms with van der Waals surface area (Å²) in [5.74, 6) is -4.72. The molecule has 0 radical (unpaired) electrons. The SMILES string of the molecule is C=C(CC(=O)OCC(F)(F)CNCC)C(=O)OC1(CC)CCCC1. The molecule has 0 aromatic carbocycles. The van der Waals surface area contributed by atoms with Crippen molar-refractivity contribution in [1.82, 2.24) is 5.32 Å². The maximum absolute atomic E-state index is 13.4. The zero-order valence-corrected chi connectivity index (χ0v) is 14.5. The van der Waals surface area contributed by atoms with Crippen LogP contribution in [0.2, 0.25) is 0 Å². The van der Waals surface area contributed by atoms with Gasteiger partial charge in [0.15, 0.2) is 6.61 Å². The molecule has 0 spiro atoms. The number of carbonyl (C=O) groups excluding carboxylic acids is 2. The molecule has 1 N–H and O–H groups in total. The number of ether oxygens (including phenoxy) is 2. The summed E-state index contributed by atoms with van der Waals surface area (Å²) < 4.78 is 36.8. The van der Waals surface area contributed by atoms with E-state index in [9.17, 15) is 18.4 Å². The van der Waals surface area contributed by atoms with Gasteiger partial charge in [-0.05, 0) is 38.6 Å². The molecular formula is C17H27F2NO4. The van der Waals surface area contributed by atoms with E-state index in [1.54, 1.807) is 6.92 Å². The molecule has 5 nitrogen and oxygen atoms in total. The average molecular weight is 347 g/mol. The summed E-state index contributed by atoms with van der Waals surface area (Å²) in [5, 5.41) is 2.49. The topological polar surface area (TPSA) is 64.6 Å². The van der Waals surface area contributed by atoms with Gasteiger partial charge in [0.25, 0.3) is 5.92 Å². The molecule has 0 amide bonds. The molecular weight excluding hydrogens is 320 g/mol. The van der Waals surface area contributed by atoms with E-state index in [-0.39, 0.29) is 5.57 Å². The van der Waals surface area contributed by atoms with Gasteiger partial charge in [-0.2, -0.15) is 0 Å². The van der Waals surface area contributed by atoms with Crippen molar-refractivity contribution >= 4 is 11.9 Å². The fourth-order valence-corrected chi connectivity index (χ4v) is 2.66. The number of nitrogens with one attached hydrogen (secondary N) is 1. The maximum atomic E-state index is 13.4. The van der Waals surface area contributed by atoms with Crippen LogP contribution in [-0.2, 0) is 19.1 Å². The zero-order valence-electron chi connectivity index (χ0n) is 14.5. The van der Waals surface area contributed by atoms with Crippen molar-refractivity contribution in [3.8, 4) is 0 Å². The lowest BCUT2D eigenvalue weighted by Crippen LogP contribution is -2.37. The molecule has 1 saturated carbocycles. The van der Waals surface area contributed by atoms with E-state index in [4.69, 9.17) is 4.74 Å². The summed E-state index contributed by atoms with van der Waals surface area (Å²) in [4.78, 5) is 23.7. The van der Waals surface area contributed by atoms with Gasteiger partial charge >= 0.3 is 11.9 Å². The molecule has 1 rings (SSSR count). The molecule has 0 aromatic heterocycles. The Morgan fingerprint density at radius 3 is 2.42 bits per heavy atom. The van der Waals surface area contributed by atoms with Crippen LogP contribution in [0.15, 0.2) is 12.2 Å². The van der Waals surface area contributed by atoms with E-state index >= 15 is 0 Å². The highest BCUT2D eigenvalue weighted by atomic mass is 19.3. The van der Waals surface area contributed by atoms with Gasteiger partial charge in [-0.25, -0.2) is 13.6 Å². The number of esters is 2. The van der Waals surface area contributed by atoms with E-state index in [1.165, 1.54) is 0 Å². The van der Waals surface area contributed by atoms with Crippen LogP contribution in [0.1, 0.15) is 52.4 Å². The summed E-state index contributed by atoms with van der Waals surface area (Å²) in [7, 11) is 0. The zero-order chi connectivity index (χ0) is 18.2. The summed E-state index contributed by atoms with van der Waals surface area (Å²) in [6, 6.07) is 0. The van der Waals surface area contributed by atoms with Gasteiger partial charge in [-0.3, -0.25) is 4.79 Å². The fourth-order valence-electron chi connectivity index (χ4n) is 2.66. The Balaban J connectivity index is 2.40. The van der Waals surface area contributed by atoms with Gasteiger partial charge in [0, 0.05) is 5.57 Å². The van der Waals surface area contributed by atoms with Crippen molar-refractivity contribution in [3.63, 3.8) is 0 Å². The highest BCUT2D eigenvalue weighted by Crippen LogP contribution is 2.36. The Labute approximate surface area is 141 Å². The number of carbonyl (C=O) groups is 2. The van der Waals surface area contributed by atoms with Crippen molar-refractivity contribution in [2.75, 3.05) is 19.7 Å². The average Bonchev–Trinajstić information content (AvgIpc) is 3.00. The normalized spacial score (nSPS) is 16.7. The number of halogens is 2. The van der Waals surface area contributed by atoms with Gasteiger partial charge < -0.3 is 14.8 Å². The Morgan fingerprint density at radius 2 is 1.88 bits per heavy atom. The molecule has 138 valence electrons. The first-order valence-corrected chi connectivity index (χ1v) is 8.39. The molecule has 0 heterocycles. The number of hydrogen-bond donors (Lipinski definition) is 1. The maximum Gasteiger partial charge on any atom is 0.334 e. The van der Waals surface area contributed by atoms with Crippen molar-refractivity contribution in [2.45, 2.75) is 63.9 Å². The predicted octanol–water partition coefficient (Wildman–Crippen LogP) is 2.99. The second-order valence-electron chi connectivity index (χ2n) is 6.21. The van der Waals surface area contributed by atoms with Gasteiger partial charge in [0.05, 0.1) is 13.0 Å². The highest BCUT2D eigenvalue weighted by molar-refractivity contribution is 5.93. The fraction of sp³-hybridized carbons (Fsp3) is 0.765. The number of hydrogen-bond acceptors (Lipinski definition) is 5. The van der Waals surface area contributed by atoms with Gasteiger partial charge in [-0.1, -0.05) is 20.4 Å². The molecule has 7 heteroatoms. The van der Waals surface area contributed by atoms with E-state index < -0.39 is 43.0 Å². The monoisotopic (exact) mass is 347 g/mol. The number of alkyl halides is 2. The van der Waals surface area contributed by atoms with Crippen LogP contribution in [0.25, 0.3) is 0 Å². The lowest BCUT2D eigenvalue weighted by molar-refractivity contribution is -0.159. The first kappa shape index (κ1) is 20.5. The van der Waals surface area contributed by atoms with Gasteiger partial charge in [0.2, 0.25) is 0 Å². The summed E-state index contributed by atoms with van der Waals surface area (Å²) in [6.45, 7) is 5.96. The van der Waals surface area contributed by atoms with E-state index in [2.05, 4.69) is 16.6 Å². The molecule has 0 unspecified atom stereocenters. The smallest absolute Gasteiger partial charge is 0.334 e. The van der Waals surface area contributed by atoms with Crippen molar-refractivity contribution in [3.05, 3.63) is 12.2 Å². The van der Waals surface area contributed by atoms with Crippen LogP contribution in [0.3, 0.4) is 0 Å². The summed E-state index contributed by atoms with van der Waals surface area (Å²) >= 11 is 0. The summed E-state index contributed by atoms with van der Waals surface area (Å²) in [5.41, 5.74) is -0.558. The first-order valence-electron chi connectivity index (χ1n) is 8.39. The van der Waals surface area contributed by atoms with E-state index in [0.29, 0.717) is 13.0 Å². The molecule has 0 bridgehead atoms.